The SMILES string of the molecule is CC(C)(C)c1c(C(=O)O)nnn1Cc1ccncc1. The predicted molar refractivity (Wildman–Crippen MR) is 69.0 cm³/mol. The van der Waals surface area contributed by atoms with Crippen LogP contribution in [0.5, 0.6) is 0 Å². The quantitative estimate of drug-likeness (QED) is 0.908. The summed E-state index contributed by atoms with van der Waals surface area (Å²) in [6, 6.07) is 3.74. The highest BCUT2D eigenvalue weighted by Crippen LogP contribution is 2.25. The minimum atomic E-state index is -1.05. The molecular formula is C13H16N4O2. The van der Waals surface area contributed by atoms with E-state index in [1.165, 1.54) is 0 Å². The van der Waals surface area contributed by atoms with E-state index in [-0.39, 0.29) is 11.1 Å². The molecule has 2 heterocycles. The first-order valence-electron chi connectivity index (χ1n) is 5.96. The van der Waals surface area contributed by atoms with Crippen LogP contribution in [0.2, 0.25) is 0 Å². The highest BCUT2D eigenvalue weighted by atomic mass is 16.4. The number of rotatable bonds is 3. The summed E-state index contributed by atoms with van der Waals surface area (Å²) in [5.41, 5.74) is 1.30. The van der Waals surface area contributed by atoms with Gasteiger partial charge in [-0.3, -0.25) is 4.98 Å². The number of carboxylic acid groups (broad SMARTS) is 1. The lowest BCUT2D eigenvalue weighted by molar-refractivity contribution is 0.0687. The van der Waals surface area contributed by atoms with Crippen molar-refractivity contribution in [3.8, 4) is 0 Å². The van der Waals surface area contributed by atoms with E-state index in [0.717, 1.165) is 5.56 Å². The molecule has 2 aromatic heterocycles. The first-order chi connectivity index (χ1) is 8.89. The van der Waals surface area contributed by atoms with E-state index in [1.54, 1.807) is 17.1 Å². The topological polar surface area (TPSA) is 80.9 Å². The molecule has 2 rings (SSSR count). The van der Waals surface area contributed by atoms with Crippen LogP contribution >= 0.6 is 0 Å². The summed E-state index contributed by atoms with van der Waals surface area (Å²) in [5, 5.41) is 16.9. The van der Waals surface area contributed by atoms with Gasteiger partial charge in [0.1, 0.15) is 0 Å². The van der Waals surface area contributed by atoms with E-state index in [0.29, 0.717) is 12.2 Å². The molecule has 0 aliphatic heterocycles. The average Bonchev–Trinajstić information content (AvgIpc) is 2.74. The number of hydrogen-bond acceptors (Lipinski definition) is 4. The lowest BCUT2D eigenvalue weighted by atomic mass is 9.90. The van der Waals surface area contributed by atoms with Gasteiger partial charge >= 0.3 is 5.97 Å². The summed E-state index contributed by atoms with van der Waals surface area (Å²) in [7, 11) is 0. The van der Waals surface area contributed by atoms with Crippen molar-refractivity contribution in [3.05, 3.63) is 41.5 Å². The van der Waals surface area contributed by atoms with Gasteiger partial charge in [-0.1, -0.05) is 26.0 Å². The molecule has 0 unspecified atom stereocenters. The number of aromatic carboxylic acids is 1. The second-order valence-corrected chi connectivity index (χ2v) is 5.35. The number of nitrogens with zero attached hydrogens (tertiary/aromatic N) is 4. The van der Waals surface area contributed by atoms with Crippen LogP contribution in [0.4, 0.5) is 0 Å². The molecule has 0 atom stereocenters. The van der Waals surface area contributed by atoms with Crippen LogP contribution < -0.4 is 0 Å². The Bertz CT molecular complexity index is 584. The maximum Gasteiger partial charge on any atom is 0.358 e. The maximum atomic E-state index is 11.2. The molecule has 0 aromatic carbocycles. The molecule has 6 nitrogen and oxygen atoms in total. The smallest absolute Gasteiger partial charge is 0.358 e. The first kappa shape index (κ1) is 13.2. The van der Waals surface area contributed by atoms with Crippen molar-refractivity contribution in [2.45, 2.75) is 32.7 Å². The fourth-order valence-corrected chi connectivity index (χ4v) is 1.97. The van der Waals surface area contributed by atoms with Gasteiger partial charge in [-0.15, -0.1) is 5.10 Å². The Kier molecular flexibility index (Phi) is 3.33. The van der Waals surface area contributed by atoms with Crippen molar-refractivity contribution in [3.63, 3.8) is 0 Å². The fraction of sp³-hybridized carbons (Fsp3) is 0.385. The minimum Gasteiger partial charge on any atom is -0.476 e. The van der Waals surface area contributed by atoms with E-state index in [4.69, 9.17) is 0 Å². The number of pyridine rings is 1. The molecule has 19 heavy (non-hydrogen) atoms. The molecule has 0 bridgehead atoms. The van der Waals surface area contributed by atoms with Crippen LogP contribution in [0.15, 0.2) is 24.5 Å². The fourth-order valence-electron chi connectivity index (χ4n) is 1.97. The zero-order valence-electron chi connectivity index (χ0n) is 11.2. The lowest BCUT2D eigenvalue weighted by Gasteiger charge is -2.20. The van der Waals surface area contributed by atoms with Gasteiger partial charge in [0.2, 0.25) is 0 Å². The Labute approximate surface area is 111 Å². The second-order valence-electron chi connectivity index (χ2n) is 5.35. The molecular weight excluding hydrogens is 244 g/mol. The van der Waals surface area contributed by atoms with E-state index in [2.05, 4.69) is 15.3 Å². The minimum absolute atomic E-state index is 0.0153. The van der Waals surface area contributed by atoms with Crippen molar-refractivity contribution in [1.29, 1.82) is 0 Å². The zero-order chi connectivity index (χ0) is 14.0. The van der Waals surface area contributed by atoms with E-state index < -0.39 is 5.97 Å². The van der Waals surface area contributed by atoms with Crippen LogP contribution in [0.25, 0.3) is 0 Å². The molecule has 0 aliphatic carbocycles. The monoisotopic (exact) mass is 260 g/mol. The molecule has 0 aliphatic rings. The van der Waals surface area contributed by atoms with Gasteiger partial charge < -0.3 is 5.11 Å². The molecule has 6 heteroatoms. The highest BCUT2D eigenvalue weighted by molar-refractivity contribution is 5.86. The Hall–Kier alpha value is -2.24. The van der Waals surface area contributed by atoms with Crippen molar-refractivity contribution in [2.75, 3.05) is 0 Å². The van der Waals surface area contributed by atoms with Gasteiger partial charge in [0.25, 0.3) is 0 Å². The van der Waals surface area contributed by atoms with E-state index in [1.807, 2.05) is 32.9 Å². The Balaban J connectivity index is 2.44. The summed E-state index contributed by atoms with van der Waals surface area (Å²) >= 11 is 0. The number of aromatic nitrogens is 4. The van der Waals surface area contributed by atoms with Gasteiger partial charge in [-0.05, 0) is 17.7 Å². The van der Waals surface area contributed by atoms with Gasteiger partial charge in [0.05, 0.1) is 12.2 Å². The highest BCUT2D eigenvalue weighted by Gasteiger charge is 2.28. The largest absolute Gasteiger partial charge is 0.476 e. The van der Waals surface area contributed by atoms with Crippen molar-refractivity contribution < 1.29 is 9.90 Å². The zero-order valence-corrected chi connectivity index (χ0v) is 11.2. The van der Waals surface area contributed by atoms with Crippen LogP contribution in [0.1, 0.15) is 42.5 Å². The number of carbonyl (C=O) groups is 1. The van der Waals surface area contributed by atoms with Crippen LogP contribution in [-0.2, 0) is 12.0 Å². The third kappa shape index (κ3) is 2.78. The van der Waals surface area contributed by atoms with Crippen LogP contribution in [-0.4, -0.2) is 31.1 Å². The molecule has 0 amide bonds. The third-order valence-electron chi connectivity index (χ3n) is 2.73. The number of carboxylic acids is 1. The van der Waals surface area contributed by atoms with Gasteiger partial charge in [0, 0.05) is 17.8 Å². The lowest BCUT2D eigenvalue weighted by Crippen LogP contribution is -2.22. The molecule has 0 saturated heterocycles. The number of hydrogen-bond donors (Lipinski definition) is 1. The molecule has 100 valence electrons. The standard InChI is InChI=1S/C13H16N4O2/c1-13(2,3)11-10(12(18)19)15-16-17(11)8-9-4-6-14-7-5-9/h4-7H,8H2,1-3H3,(H,18,19). The van der Waals surface area contributed by atoms with Gasteiger partial charge in [-0.2, -0.15) is 0 Å². The summed E-state index contributed by atoms with van der Waals surface area (Å²) in [4.78, 5) is 15.2. The molecule has 0 spiro atoms. The average molecular weight is 260 g/mol. The summed E-state index contributed by atoms with van der Waals surface area (Å²) in [5.74, 6) is -1.05. The summed E-state index contributed by atoms with van der Waals surface area (Å²) in [6.45, 7) is 6.32. The Morgan fingerprint density at radius 1 is 1.32 bits per heavy atom. The van der Waals surface area contributed by atoms with Gasteiger partial charge in [-0.25, -0.2) is 9.48 Å². The Morgan fingerprint density at radius 2 is 1.95 bits per heavy atom. The first-order valence-corrected chi connectivity index (χ1v) is 5.96. The summed E-state index contributed by atoms with van der Waals surface area (Å²) < 4.78 is 1.64. The molecule has 0 saturated carbocycles. The normalized spacial score (nSPS) is 11.5. The van der Waals surface area contributed by atoms with E-state index in [9.17, 15) is 9.90 Å². The second kappa shape index (κ2) is 4.79. The van der Waals surface area contributed by atoms with Crippen molar-refractivity contribution in [2.24, 2.45) is 0 Å². The van der Waals surface area contributed by atoms with Crippen molar-refractivity contribution >= 4 is 5.97 Å². The maximum absolute atomic E-state index is 11.2. The Morgan fingerprint density at radius 3 is 2.47 bits per heavy atom. The summed E-state index contributed by atoms with van der Waals surface area (Å²) in [6.07, 6.45) is 3.39. The van der Waals surface area contributed by atoms with Crippen LogP contribution in [0, 0.1) is 0 Å². The molecule has 0 fully saturated rings. The third-order valence-corrected chi connectivity index (χ3v) is 2.73. The van der Waals surface area contributed by atoms with Crippen LogP contribution in [0.3, 0.4) is 0 Å². The van der Waals surface area contributed by atoms with E-state index >= 15 is 0 Å². The molecule has 0 radical (unpaired) electrons. The van der Waals surface area contributed by atoms with Crippen molar-refractivity contribution in [1.82, 2.24) is 20.0 Å². The van der Waals surface area contributed by atoms with Gasteiger partial charge in [0.15, 0.2) is 5.69 Å². The molecule has 1 N–H and O–H groups in total. The predicted octanol–water partition coefficient (Wildman–Crippen LogP) is 1.72. The molecule has 2 aromatic rings.